The van der Waals surface area contributed by atoms with Gasteiger partial charge < -0.3 is 10.6 Å². The average Bonchev–Trinajstić information content (AvgIpc) is 2.70. The van der Waals surface area contributed by atoms with Crippen LogP contribution in [0.5, 0.6) is 0 Å². The highest BCUT2D eigenvalue weighted by Crippen LogP contribution is 2.17. The number of hydrogen-bond acceptors (Lipinski definition) is 5. The van der Waals surface area contributed by atoms with Gasteiger partial charge in [0.1, 0.15) is 5.82 Å². The van der Waals surface area contributed by atoms with Crippen molar-refractivity contribution in [1.29, 1.82) is 0 Å². The molecule has 2 aromatic carbocycles. The average molecular weight is 393 g/mol. The van der Waals surface area contributed by atoms with Crippen LogP contribution < -0.4 is 5.73 Å². The van der Waals surface area contributed by atoms with Gasteiger partial charge in [-0.2, -0.15) is 0 Å². The van der Waals surface area contributed by atoms with Crippen molar-refractivity contribution >= 4 is 23.5 Å². The van der Waals surface area contributed by atoms with Crippen LogP contribution in [0.25, 0.3) is 0 Å². The van der Waals surface area contributed by atoms with Crippen molar-refractivity contribution in [3.8, 4) is 0 Å². The lowest BCUT2D eigenvalue weighted by molar-refractivity contribution is -0.128. The van der Waals surface area contributed by atoms with E-state index in [1.54, 1.807) is 6.07 Å². The summed E-state index contributed by atoms with van der Waals surface area (Å²) in [4.78, 5) is 23.4. The van der Waals surface area contributed by atoms with E-state index < -0.39 is 0 Å². The molecule has 0 spiro atoms. The van der Waals surface area contributed by atoms with Crippen LogP contribution in [0, 0.1) is 6.92 Å². The molecule has 0 aliphatic rings. The predicted octanol–water partition coefficient (Wildman–Crippen LogP) is 3.73. The first kappa shape index (κ1) is 19.9. The molecule has 0 unspecified atom stereocenters. The summed E-state index contributed by atoms with van der Waals surface area (Å²) >= 11 is 1.32. The Labute approximate surface area is 170 Å². The van der Waals surface area contributed by atoms with Gasteiger partial charge >= 0.3 is 0 Å². The number of carbonyl (C=O) groups excluding carboxylic acids is 1. The van der Waals surface area contributed by atoms with E-state index in [-0.39, 0.29) is 11.7 Å². The van der Waals surface area contributed by atoms with Gasteiger partial charge in [-0.25, -0.2) is 9.97 Å². The summed E-state index contributed by atoms with van der Waals surface area (Å²) in [6, 6.07) is 22.0. The van der Waals surface area contributed by atoms with Crippen molar-refractivity contribution in [2.24, 2.45) is 0 Å². The minimum atomic E-state index is 0.0634. The molecule has 3 aromatic rings. The zero-order chi connectivity index (χ0) is 19.8. The minimum Gasteiger partial charge on any atom is -0.384 e. The first-order chi connectivity index (χ1) is 13.6. The largest absolute Gasteiger partial charge is 0.384 e. The Hall–Kier alpha value is -2.86. The number of anilines is 1. The summed E-state index contributed by atoms with van der Waals surface area (Å²) in [5, 5.41) is 0.536. The highest BCUT2D eigenvalue weighted by atomic mass is 32.2. The van der Waals surface area contributed by atoms with E-state index in [4.69, 9.17) is 5.73 Å². The number of rotatable bonds is 8. The Morgan fingerprint density at radius 3 is 2.29 bits per heavy atom. The number of aromatic nitrogens is 2. The second-order valence-corrected chi connectivity index (χ2v) is 7.48. The number of nitrogen functional groups attached to an aromatic ring is 1. The smallest absolute Gasteiger partial charge is 0.233 e. The molecule has 1 aromatic heterocycles. The third-order valence-electron chi connectivity index (χ3n) is 4.26. The number of carbonyl (C=O) groups is 1. The lowest BCUT2D eigenvalue weighted by atomic mass is 10.1. The Kier molecular flexibility index (Phi) is 7.03. The maximum Gasteiger partial charge on any atom is 0.233 e. The molecule has 0 saturated heterocycles. The fourth-order valence-electron chi connectivity index (χ4n) is 2.85. The lowest BCUT2D eigenvalue weighted by Crippen LogP contribution is -2.33. The molecule has 6 heteroatoms. The molecular formula is C22H24N4OS. The normalized spacial score (nSPS) is 10.6. The molecule has 0 radical (unpaired) electrons. The van der Waals surface area contributed by atoms with Crippen molar-refractivity contribution < 1.29 is 4.79 Å². The SMILES string of the molecule is Cc1cc(N)nc(SCC(=O)N(CCc2ccccc2)Cc2ccccc2)n1. The number of thioether (sulfide) groups is 1. The maximum absolute atomic E-state index is 12.9. The molecule has 0 bridgehead atoms. The van der Waals surface area contributed by atoms with Crippen LogP contribution in [0.4, 0.5) is 5.82 Å². The molecule has 3 rings (SSSR count). The van der Waals surface area contributed by atoms with Crippen molar-refractivity contribution in [3.05, 3.63) is 83.6 Å². The van der Waals surface area contributed by atoms with E-state index in [0.29, 0.717) is 24.1 Å². The summed E-state index contributed by atoms with van der Waals surface area (Å²) in [7, 11) is 0. The molecule has 1 amide bonds. The van der Waals surface area contributed by atoms with E-state index >= 15 is 0 Å². The lowest BCUT2D eigenvalue weighted by Gasteiger charge is -2.23. The van der Waals surface area contributed by atoms with Crippen LogP contribution in [0.1, 0.15) is 16.8 Å². The Bertz CT molecular complexity index is 883. The molecule has 2 N–H and O–H groups in total. The Morgan fingerprint density at radius 1 is 1.00 bits per heavy atom. The number of benzene rings is 2. The Morgan fingerprint density at radius 2 is 1.64 bits per heavy atom. The van der Waals surface area contributed by atoms with Crippen LogP contribution in [-0.4, -0.2) is 33.1 Å². The van der Waals surface area contributed by atoms with Crippen LogP contribution in [0.15, 0.2) is 71.9 Å². The monoisotopic (exact) mass is 392 g/mol. The van der Waals surface area contributed by atoms with Crippen molar-refractivity contribution in [2.45, 2.75) is 25.0 Å². The molecule has 0 aliphatic carbocycles. The number of aryl methyl sites for hydroxylation is 1. The number of amides is 1. The van der Waals surface area contributed by atoms with Gasteiger partial charge in [-0.15, -0.1) is 0 Å². The van der Waals surface area contributed by atoms with E-state index in [9.17, 15) is 4.79 Å². The van der Waals surface area contributed by atoms with Gasteiger partial charge in [0.2, 0.25) is 5.91 Å². The highest BCUT2D eigenvalue weighted by molar-refractivity contribution is 7.99. The fraction of sp³-hybridized carbons (Fsp3) is 0.227. The standard InChI is InChI=1S/C22H24N4OS/c1-17-14-20(23)25-22(24-17)28-16-21(27)26(15-19-10-6-3-7-11-19)13-12-18-8-4-2-5-9-18/h2-11,14H,12-13,15-16H2,1H3,(H2,23,24,25). The van der Waals surface area contributed by atoms with Crippen LogP contribution >= 0.6 is 11.8 Å². The predicted molar refractivity (Wildman–Crippen MR) is 114 cm³/mol. The van der Waals surface area contributed by atoms with Gasteiger partial charge in [0.05, 0.1) is 5.75 Å². The molecule has 0 atom stereocenters. The first-order valence-corrected chi connectivity index (χ1v) is 10.2. The number of nitrogens with zero attached hydrogens (tertiary/aromatic N) is 3. The van der Waals surface area contributed by atoms with Crippen molar-refractivity contribution in [2.75, 3.05) is 18.0 Å². The van der Waals surface area contributed by atoms with Gasteiger partial charge in [-0.05, 0) is 24.5 Å². The maximum atomic E-state index is 12.9. The molecule has 0 fully saturated rings. The summed E-state index contributed by atoms with van der Waals surface area (Å²) in [5.74, 6) is 0.769. The number of hydrogen-bond donors (Lipinski definition) is 1. The van der Waals surface area contributed by atoms with Gasteiger partial charge in [0.15, 0.2) is 5.16 Å². The van der Waals surface area contributed by atoms with Crippen molar-refractivity contribution in [1.82, 2.24) is 14.9 Å². The molecular weight excluding hydrogens is 368 g/mol. The topological polar surface area (TPSA) is 72.1 Å². The summed E-state index contributed by atoms with van der Waals surface area (Å²) in [6.07, 6.45) is 0.817. The second-order valence-electron chi connectivity index (χ2n) is 6.54. The van der Waals surface area contributed by atoms with Crippen LogP contribution in [0.2, 0.25) is 0 Å². The first-order valence-electron chi connectivity index (χ1n) is 9.20. The highest BCUT2D eigenvalue weighted by Gasteiger charge is 2.15. The molecule has 1 heterocycles. The minimum absolute atomic E-state index is 0.0634. The van der Waals surface area contributed by atoms with Crippen LogP contribution in [0.3, 0.4) is 0 Å². The fourth-order valence-corrected chi connectivity index (χ4v) is 3.67. The zero-order valence-electron chi connectivity index (χ0n) is 15.9. The van der Waals surface area contributed by atoms with Gasteiger partial charge in [0.25, 0.3) is 0 Å². The zero-order valence-corrected chi connectivity index (χ0v) is 16.7. The number of nitrogens with two attached hydrogens (primary N) is 1. The van der Waals surface area contributed by atoms with Gasteiger partial charge in [0, 0.05) is 24.8 Å². The van der Waals surface area contributed by atoms with E-state index in [1.807, 2.05) is 60.4 Å². The van der Waals surface area contributed by atoms with E-state index in [2.05, 4.69) is 22.1 Å². The van der Waals surface area contributed by atoms with E-state index in [1.165, 1.54) is 17.3 Å². The third-order valence-corrected chi connectivity index (χ3v) is 5.09. The molecule has 28 heavy (non-hydrogen) atoms. The molecule has 144 valence electrons. The molecule has 5 nitrogen and oxygen atoms in total. The molecule has 0 saturated carbocycles. The second kappa shape index (κ2) is 9.90. The van der Waals surface area contributed by atoms with E-state index in [0.717, 1.165) is 17.7 Å². The molecule has 0 aliphatic heterocycles. The third kappa shape index (κ3) is 6.09. The quantitative estimate of drug-likeness (QED) is 0.467. The summed E-state index contributed by atoms with van der Waals surface area (Å²) < 4.78 is 0. The van der Waals surface area contributed by atoms with Gasteiger partial charge in [-0.1, -0.05) is 72.4 Å². The van der Waals surface area contributed by atoms with Gasteiger partial charge in [-0.3, -0.25) is 4.79 Å². The Balaban J connectivity index is 1.66. The summed E-state index contributed by atoms with van der Waals surface area (Å²) in [5.41, 5.74) is 8.91. The van der Waals surface area contributed by atoms with Crippen molar-refractivity contribution in [3.63, 3.8) is 0 Å². The van der Waals surface area contributed by atoms with Crippen LogP contribution in [-0.2, 0) is 17.8 Å². The summed E-state index contributed by atoms with van der Waals surface area (Å²) in [6.45, 7) is 3.12.